The molecule has 2 rings (SSSR count). The second-order valence-electron chi connectivity index (χ2n) is 5.09. The number of hydrogen-bond donors (Lipinski definition) is 1. The van der Waals surface area contributed by atoms with Gasteiger partial charge in [0.15, 0.2) is 0 Å². The predicted octanol–water partition coefficient (Wildman–Crippen LogP) is 2.55. The molecular weight excluding hydrogens is 280 g/mol. The van der Waals surface area contributed by atoms with E-state index in [0.717, 1.165) is 30.6 Å². The maximum absolute atomic E-state index is 12.6. The molecule has 2 N–H and O–H groups in total. The van der Waals surface area contributed by atoms with Crippen molar-refractivity contribution in [3.63, 3.8) is 0 Å². The van der Waals surface area contributed by atoms with Crippen molar-refractivity contribution in [2.75, 3.05) is 7.05 Å². The Balaban J connectivity index is 2.17. The zero-order chi connectivity index (χ0) is 13.9. The smallest absolute Gasteiger partial charge is 0.252 e. The Hall–Kier alpha value is -0.430. The molecular formula is C13H22N2O2S2. The summed E-state index contributed by atoms with van der Waals surface area (Å²) in [6, 6.07) is 3.63. The summed E-state index contributed by atoms with van der Waals surface area (Å²) in [4.78, 5) is 0.910. The summed E-state index contributed by atoms with van der Waals surface area (Å²) in [7, 11) is -1.63. The normalized spacial score (nSPS) is 18.7. The van der Waals surface area contributed by atoms with Gasteiger partial charge in [-0.25, -0.2) is 8.42 Å². The van der Waals surface area contributed by atoms with Gasteiger partial charge in [0.2, 0.25) is 0 Å². The van der Waals surface area contributed by atoms with Gasteiger partial charge in [-0.2, -0.15) is 4.31 Å². The van der Waals surface area contributed by atoms with Crippen LogP contribution >= 0.6 is 11.3 Å². The number of rotatable bonds is 4. The number of nitrogens with two attached hydrogens (primary N) is 1. The fraction of sp³-hybridized carbons (Fsp3) is 0.692. The lowest BCUT2D eigenvalue weighted by Gasteiger charge is -2.25. The van der Waals surface area contributed by atoms with Gasteiger partial charge in [0.25, 0.3) is 10.0 Å². The summed E-state index contributed by atoms with van der Waals surface area (Å²) in [6.45, 7) is 0.396. The zero-order valence-electron chi connectivity index (χ0n) is 11.3. The van der Waals surface area contributed by atoms with Crippen LogP contribution in [0, 0.1) is 0 Å². The topological polar surface area (TPSA) is 63.4 Å². The van der Waals surface area contributed by atoms with Gasteiger partial charge in [-0.1, -0.05) is 25.7 Å². The molecule has 0 atom stereocenters. The van der Waals surface area contributed by atoms with Gasteiger partial charge in [-0.3, -0.25) is 0 Å². The average molecular weight is 302 g/mol. The first-order valence-electron chi connectivity index (χ1n) is 6.82. The summed E-state index contributed by atoms with van der Waals surface area (Å²) in [5.74, 6) is 0. The van der Waals surface area contributed by atoms with Crippen LogP contribution in [0.5, 0.6) is 0 Å². The third kappa shape index (κ3) is 3.37. The molecule has 0 bridgehead atoms. The highest BCUT2D eigenvalue weighted by atomic mass is 32.2. The molecule has 1 heterocycles. The fourth-order valence-corrected chi connectivity index (χ4v) is 5.40. The van der Waals surface area contributed by atoms with Crippen molar-refractivity contribution >= 4 is 21.4 Å². The van der Waals surface area contributed by atoms with Crippen molar-refractivity contribution in [3.8, 4) is 0 Å². The lowest BCUT2D eigenvalue weighted by atomic mass is 10.1. The van der Waals surface area contributed by atoms with Crippen LogP contribution in [-0.4, -0.2) is 25.8 Å². The summed E-state index contributed by atoms with van der Waals surface area (Å²) in [5, 5.41) is 0. The molecule has 6 heteroatoms. The van der Waals surface area contributed by atoms with Gasteiger partial charge in [0.1, 0.15) is 4.21 Å². The van der Waals surface area contributed by atoms with Gasteiger partial charge in [-0.05, 0) is 25.0 Å². The first kappa shape index (κ1) is 15.0. The number of hydrogen-bond acceptors (Lipinski definition) is 4. The molecule has 1 fully saturated rings. The van der Waals surface area contributed by atoms with Gasteiger partial charge >= 0.3 is 0 Å². The minimum Gasteiger partial charge on any atom is -0.326 e. The quantitative estimate of drug-likeness (QED) is 0.869. The van der Waals surface area contributed by atoms with E-state index < -0.39 is 10.0 Å². The average Bonchev–Trinajstić information content (AvgIpc) is 2.74. The van der Waals surface area contributed by atoms with Crippen molar-refractivity contribution in [2.45, 2.75) is 55.3 Å². The van der Waals surface area contributed by atoms with Crippen LogP contribution in [0.25, 0.3) is 0 Å². The summed E-state index contributed by atoms with van der Waals surface area (Å²) < 4.78 is 27.1. The summed E-state index contributed by atoms with van der Waals surface area (Å²) >= 11 is 1.28. The van der Waals surface area contributed by atoms with Crippen molar-refractivity contribution in [1.82, 2.24) is 4.31 Å². The molecule has 1 aliphatic carbocycles. The maximum atomic E-state index is 12.6. The summed E-state index contributed by atoms with van der Waals surface area (Å²) in [5.41, 5.74) is 5.55. The first-order valence-corrected chi connectivity index (χ1v) is 9.08. The van der Waals surface area contributed by atoms with Crippen molar-refractivity contribution in [1.29, 1.82) is 0 Å². The van der Waals surface area contributed by atoms with Crippen LogP contribution in [0.3, 0.4) is 0 Å². The Kier molecular flexibility index (Phi) is 5.00. The number of thiophene rings is 1. The molecule has 4 nitrogen and oxygen atoms in total. The number of sulfonamides is 1. The lowest BCUT2D eigenvalue weighted by Crippen LogP contribution is -2.36. The highest BCUT2D eigenvalue weighted by molar-refractivity contribution is 7.91. The third-order valence-electron chi connectivity index (χ3n) is 3.81. The van der Waals surface area contributed by atoms with Crippen LogP contribution in [-0.2, 0) is 16.6 Å². The van der Waals surface area contributed by atoms with Crippen molar-refractivity contribution < 1.29 is 8.42 Å². The van der Waals surface area contributed by atoms with Crippen LogP contribution in [0.1, 0.15) is 43.4 Å². The van der Waals surface area contributed by atoms with E-state index in [1.807, 2.05) is 0 Å². The molecule has 0 aromatic carbocycles. The Labute approximate surface area is 119 Å². The Morgan fingerprint density at radius 3 is 2.42 bits per heavy atom. The second kappa shape index (κ2) is 6.35. The molecule has 0 saturated heterocycles. The van der Waals surface area contributed by atoms with E-state index in [4.69, 9.17) is 5.73 Å². The first-order chi connectivity index (χ1) is 9.05. The molecule has 19 heavy (non-hydrogen) atoms. The lowest BCUT2D eigenvalue weighted by molar-refractivity contribution is 0.336. The molecule has 108 valence electrons. The van der Waals surface area contributed by atoms with Crippen LogP contribution < -0.4 is 5.73 Å². The van der Waals surface area contributed by atoms with Crippen molar-refractivity contribution in [3.05, 3.63) is 17.0 Å². The maximum Gasteiger partial charge on any atom is 0.252 e. The van der Waals surface area contributed by atoms with Crippen LogP contribution in [0.4, 0.5) is 0 Å². The van der Waals surface area contributed by atoms with Gasteiger partial charge in [0.05, 0.1) is 0 Å². The van der Waals surface area contributed by atoms with E-state index in [2.05, 4.69) is 0 Å². The molecule has 1 saturated carbocycles. The summed E-state index contributed by atoms with van der Waals surface area (Å²) in [6.07, 6.45) is 6.66. The second-order valence-corrected chi connectivity index (χ2v) is 8.48. The molecule has 1 aromatic heterocycles. The molecule has 1 aromatic rings. The van der Waals surface area contributed by atoms with E-state index in [-0.39, 0.29) is 6.04 Å². The molecule has 0 amide bonds. The highest BCUT2D eigenvalue weighted by Crippen LogP contribution is 2.29. The minimum atomic E-state index is -3.35. The Morgan fingerprint density at radius 1 is 1.26 bits per heavy atom. The molecule has 0 unspecified atom stereocenters. The SMILES string of the molecule is CN(C1CCCCCC1)S(=O)(=O)c1ccc(CN)s1. The number of nitrogens with zero attached hydrogens (tertiary/aromatic N) is 1. The van der Waals surface area contributed by atoms with Gasteiger partial charge in [-0.15, -0.1) is 11.3 Å². The highest BCUT2D eigenvalue weighted by Gasteiger charge is 2.29. The van der Waals surface area contributed by atoms with E-state index >= 15 is 0 Å². The minimum absolute atomic E-state index is 0.149. The Morgan fingerprint density at radius 2 is 1.89 bits per heavy atom. The molecule has 0 aliphatic heterocycles. The van der Waals surface area contributed by atoms with E-state index in [1.165, 1.54) is 24.2 Å². The molecule has 0 spiro atoms. The standard InChI is InChI=1S/C13H22N2O2S2/c1-15(11-6-4-2-3-5-7-11)19(16,17)13-9-8-12(10-14)18-13/h8-9,11H,2-7,10,14H2,1H3. The van der Waals surface area contributed by atoms with E-state index in [0.29, 0.717) is 10.8 Å². The third-order valence-corrected chi connectivity index (χ3v) is 7.30. The van der Waals surface area contributed by atoms with E-state index in [1.54, 1.807) is 23.5 Å². The fourth-order valence-electron chi connectivity index (χ4n) is 2.57. The van der Waals surface area contributed by atoms with Crippen molar-refractivity contribution in [2.24, 2.45) is 5.73 Å². The van der Waals surface area contributed by atoms with Gasteiger partial charge < -0.3 is 5.73 Å². The predicted molar refractivity (Wildman–Crippen MR) is 78.6 cm³/mol. The Bertz CT molecular complexity index is 502. The largest absolute Gasteiger partial charge is 0.326 e. The molecule has 0 radical (unpaired) electrons. The molecule has 1 aliphatic rings. The van der Waals surface area contributed by atoms with Gasteiger partial charge in [0, 0.05) is 24.5 Å². The van der Waals surface area contributed by atoms with Crippen LogP contribution in [0.2, 0.25) is 0 Å². The zero-order valence-corrected chi connectivity index (χ0v) is 13.0. The van der Waals surface area contributed by atoms with Crippen LogP contribution in [0.15, 0.2) is 16.3 Å². The van der Waals surface area contributed by atoms with E-state index in [9.17, 15) is 8.42 Å². The monoisotopic (exact) mass is 302 g/mol.